The number of hydrogen-bond donors (Lipinski definition) is 3. The number of amides is 3. The lowest BCUT2D eigenvalue weighted by Crippen LogP contribution is -2.33. The molecule has 4 aromatic rings. The van der Waals surface area contributed by atoms with Gasteiger partial charge in [0.2, 0.25) is 0 Å². The van der Waals surface area contributed by atoms with Crippen LogP contribution in [0, 0.1) is 0 Å². The third kappa shape index (κ3) is 7.77. The fourth-order valence-electron chi connectivity index (χ4n) is 3.47. The van der Waals surface area contributed by atoms with Gasteiger partial charge in [-0.05, 0) is 73.2 Å². The predicted octanol–water partition coefficient (Wildman–Crippen LogP) is 5.22. The zero-order chi connectivity index (χ0) is 27.5. The van der Waals surface area contributed by atoms with Gasteiger partial charge < -0.3 is 20.1 Å². The Kier molecular flexibility index (Phi) is 9.01. The van der Waals surface area contributed by atoms with E-state index in [1.165, 1.54) is 12.3 Å². The van der Waals surface area contributed by atoms with Crippen LogP contribution in [0.5, 0.6) is 17.2 Å². The fraction of sp³-hybridized carbons (Fsp3) is 0.0667. The third-order valence-corrected chi connectivity index (χ3v) is 5.27. The number of rotatable bonds is 9. The number of ether oxygens (including phenoxy) is 2. The number of hydrogen-bond acceptors (Lipinski definition) is 6. The van der Waals surface area contributed by atoms with Crippen molar-refractivity contribution in [3.63, 3.8) is 0 Å². The highest BCUT2D eigenvalue weighted by atomic mass is 16.5. The van der Waals surface area contributed by atoms with Crippen LogP contribution in [-0.4, -0.2) is 30.5 Å². The molecular weight excluding hydrogens is 496 g/mol. The molecule has 4 rings (SSSR count). The SMILES string of the molecule is CCOc1ccc(NC(=O)c2ccccc2NC(=O)C(=O)N/N=C\c2cccc(Oc3ccccc3)c2)cc1. The smallest absolute Gasteiger partial charge is 0.329 e. The molecular formula is C30H26N4O5. The van der Waals surface area contributed by atoms with E-state index in [1.807, 2.05) is 37.3 Å². The molecule has 0 saturated carbocycles. The van der Waals surface area contributed by atoms with Gasteiger partial charge in [-0.1, -0.05) is 42.5 Å². The molecule has 0 aliphatic carbocycles. The van der Waals surface area contributed by atoms with Crippen LogP contribution in [0.1, 0.15) is 22.8 Å². The quantitative estimate of drug-likeness (QED) is 0.158. The van der Waals surface area contributed by atoms with Crippen molar-refractivity contribution >= 4 is 35.3 Å². The summed E-state index contributed by atoms with van der Waals surface area (Å²) in [5.74, 6) is -0.463. The summed E-state index contributed by atoms with van der Waals surface area (Å²) in [7, 11) is 0. The van der Waals surface area contributed by atoms with Crippen LogP contribution >= 0.6 is 0 Å². The number of carbonyl (C=O) groups is 3. The predicted molar refractivity (Wildman–Crippen MR) is 149 cm³/mol. The van der Waals surface area contributed by atoms with Gasteiger partial charge in [0, 0.05) is 5.69 Å². The van der Waals surface area contributed by atoms with Crippen molar-refractivity contribution in [3.05, 3.63) is 114 Å². The standard InChI is InChI=1S/C30H26N4O5/c1-2-38-23-17-15-22(16-18-23)32-28(35)26-13-6-7-14-27(26)33-29(36)30(37)34-31-20-21-9-8-12-25(19-21)39-24-10-4-3-5-11-24/h3-20H,2H2,1H3,(H,32,35)(H,33,36)(H,34,37)/b31-20-. The molecule has 0 aliphatic rings. The second-order valence-corrected chi connectivity index (χ2v) is 8.10. The molecule has 0 radical (unpaired) electrons. The summed E-state index contributed by atoms with van der Waals surface area (Å²) in [5.41, 5.74) is 3.76. The zero-order valence-electron chi connectivity index (χ0n) is 21.1. The summed E-state index contributed by atoms with van der Waals surface area (Å²) < 4.78 is 11.2. The summed E-state index contributed by atoms with van der Waals surface area (Å²) in [5, 5.41) is 9.08. The van der Waals surface area contributed by atoms with Gasteiger partial charge in [0.1, 0.15) is 17.2 Å². The maximum absolute atomic E-state index is 12.8. The van der Waals surface area contributed by atoms with Crippen LogP contribution in [0.15, 0.2) is 108 Å². The maximum Gasteiger partial charge on any atom is 0.329 e. The zero-order valence-corrected chi connectivity index (χ0v) is 21.1. The minimum absolute atomic E-state index is 0.177. The number of para-hydroxylation sites is 2. The minimum atomic E-state index is -0.996. The van der Waals surface area contributed by atoms with Crippen LogP contribution in [0.4, 0.5) is 11.4 Å². The van der Waals surface area contributed by atoms with Gasteiger partial charge in [-0.2, -0.15) is 5.10 Å². The Morgan fingerprint density at radius 1 is 0.744 bits per heavy atom. The van der Waals surface area contributed by atoms with Crippen molar-refractivity contribution in [2.45, 2.75) is 6.92 Å². The summed E-state index contributed by atoms with van der Waals surface area (Å²) >= 11 is 0. The Labute approximate surface area is 225 Å². The van der Waals surface area contributed by atoms with Crippen LogP contribution in [0.25, 0.3) is 0 Å². The average molecular weight is 523 g/mol. The fourth-order valence-corrected chi connectivity index (χ4v) is 3.47. The van der Waals surface area contributed by atoms with Gasteiger partial charge in [-0.3, -0.25) is 14.4 Å². The molecule has 196 valence electrons. The molecule has 39 heavy (non-hydrogen) atoms. The van der Waals surface area contributed by atoms with Crippen LogP contribution in [0.2, 0.25) is 0 Å². The monoisotopic (exact) mass is 522 g/mol. The molecule has 0 saturated heterocycles. The van der Waals surface area contributed by atoms with E-state index >= 15 is 0 Å². The average Bonchev–Trinajstić information content (AvgIpc) is 2.95. The lowest BCUT2D eigenvalue weighted by molar-refractivity contribution is -0.136. The summed E-state index contributed by atoms with van der Waals surface area (Å²) in [6.45, 7) is 2.42. The second kappa shape index (κ2) is 13.2. The number of anilines is 2. The first kappa shape index (κ1) is 26.6. The van der Waals surface area contributed by atoms with Gasteiger partial charge in [-0.25, -0.2) is 5.43 Å². The van der Waals surface area contributed by atoms with Gasteiger partial charge >= 0.3 is 11.8 Å². The molecule has 9 nitrogen and oxygen atoms in total. The van der Waals surface area contributed by atoms with Gasteiger partial charge in [0.25, 0.3) is 5.91 Å². The summed E-state index contributed by atoms with van der Waals surface area (Å²) in [6, 6.07) is 29.6. The van der Waals surface area contributed by atoms with E-state index in [4.69, 9.17) is 9.47 Å². The third-order valence-electron chi connectivity index (χ3n) is 5.27. The van der Waals surface area contributed by atoms with E-state index in [0.29, 0.717) is 35.1 Å². The first-order valence-electron chi connectivity index (χ1n) is 12.1. The minimum Gasteiger partial charge on any atom is -0.494 e. The molecule has 0 unspecified atom stereocenters. The highest BCUT2D eigenvalue weighted by molar-refractivity contribution is 6.40. The van der Waals surface area contributed by atoms with Gasteiger partial charge in [0.15, 0.2) is 0 Å². The van der Waals surface area contributed by atoms with E-state index in [2.05, 4.69) is 21.2 Å². The Morgan fingerprint density at radius 3 is 2.23 bits per heavy atom. The Morgan fingerprint density at radius 2 is 1.46 bits per heavy atom. The normalized spacial score (nSPS) is 10.5. The van der Waals surface area contributed by atoms with Crippen molar-refractivity contribution < 1.29 is 23.9 Å². The van der Waals surface area contributed by atoms with E-state index in [9.17, 15) is 14.4 Å². The summed E-state index contributed by atoms with van der Waals surface area (Å²) in [6.07, 6.45) is 1.39. The molecule has 0 heterocycles. The van der Waals surface area contributed by atoms with Crippen LogP contribution in [0.3, 0.4) is 0 Å². The van der Waals surface area contributed by atoms with Crippen molar-refractivity contribution in [3.8, 4) is 17.2 Å². The first-order valence-corrected chi connectivity index (χ1v) is 12.1. The van der Waals surface area contributed by atoms with Crippen molar-refractivity contribution in [1.29, 1.82) is 0 Å². The van der Waals surface area contributed by atoms with Crippen LogP contribution < -0.4 is 25.5 Å². The molecule has 0 fully saturated rings. The number of carbonyl (C=O) groups excluding carboxylic acids is 3. The molecule has 0 aliphatic heterocycles. The Hall–Kier alpha value is -5.44. The molecule has 4 aromatic carbocycles. The highest BCUT2D eigenvalue weighted by Crippen LogP contribution is 2.22. The topological polar surface area (TPSA) is 118 Å². The second-order valence-electron chi connectivity index (χ2n) is 8.10. The number of nitrogens with one attached hydrogen (secondary N) is 3. The largest absolute Gasteiger partial charge is 0.494 e. The molecule has 9 heteroatoms. The van der Waals surface area contributed by atoms with Gasteiger partial charge in [0.05, 0.1) is 24.1 Å². The van der Waals surface area contributed by atoms with Crippen molar-refractivity contribution in [2.24, 2.45) is 5.10 Å². The van der Waals surface area contributed by atoms with E-state index < -0.39 is 17.7 Å². The lowest BCUT2D eigenvalue weighted by Gasteiger charge is -2.11. The molecule has 3 N–H and O–H groups in total. The highest BCUT2D eigenvalue weighted by Gasteiger charge is 2.18. The summed E-state index contributed by atoms with van der Waals surface area (Å²) in [4.78, 5) is 37.7. The first-order chi connectivity index (χ1) is 19.0. The maximum atomic E-state index is 12.8. The van der Waals surface area contributed by atoms with E-state index in [0.717, 1.165) is 0 Å². The molecule has 0 bridgehead atoms. The number of benzene rings is 4. The number of nitrogens with zero attached hydrogens (tertiary/aromatic N) is 1. The lowest BCUT2D eigenvalue weighted by atomic mass is 10.1. The van der Waals surface area contributed by atoms with Crippen molar-refractivity contribution in [2.75, 3.05) is 17.2 Å². The molecule has 0 aromatic heterocycles. The Bertz CT molecular complexity index is 1470. The molecule has 0 spiro atoms. The molecule has 3 amide bonds. The van der Waals surface area contributed by atoms with E-state index in [-0.39, 0.29) is 11.3 Å². The van der Waals surface area contributed by atoms with Gasteiger partial charge in [-0.15, -0.1) is 0 Å². The van der Waals surface area contributed by atoms with E-state index in [1.54, 1.807) is 66.7 Å². The Balaban J connectivity index is 1.34. The molecule has 0 atom stereocenters. The number of hydrazone groups is 1. The van der Waals surface area contributed by atoms with Crippen LogP contribution in [-0.2, 0) is 9.59 Å². The van der Waals surface area contributed by atoms with Crippen molar-refractivity contribution in [1.82, 2.24) is 5.43 Å².